The Balaban J connectivity index is 1.50. The predicted octanol–water partition coefficient (Wildman–Crippen LogP) is 2.42. The van der Waals surface area contributed by atoms with Crippen LogP contribution in [0.5, 0.6) is 5.75 Å². The van der Waals surface area contributed by atoms with Crippen molar-refractivity contribution in [2.75, 3.05) is 5.32 Å². The minimum absolute atomic E-state index is 0.221. The fourth-order valence-corrected chi connectivity index (χ4v) is 2.72. The number of nitrogens with one attached hydrogen (secondary N) is 1. The van der Waals surface area contributed by atoms with Crippen LogP contribution in [-0.2, 0) is 18.3 Å². The van der Waals surface area contributed by atoms with Gasteiger partial charge in [0, 0.05) is 19.0 Å². The Labute approximate surface area is 139 Å². The van der Waals surface area contributed by atoms with E-state index in [9.17, 15) is 4.79 Å². The SMILES string of the molecule is Cn1nc(-c2ccccc2)nc1NC(=O)C1Cc2ccccc2O1. The Bertz CT molecular complexity index is 864. The molecule has 1 N–H and O–H groups in total. The molecule has 1 aliphatic rings. The van der Waals surface area contributed by atoms with Crippen LogP contribution in [0.25, 0.3) is 11.4 Å². The van der Waals surface area contributed by atoms with Crippen LogP contribution in [0.1, 0.15) is 5.56 Å². The van der Waals surface area contributed by atoms with Gasteiger partial charge in [0.15, 0.2) is 11.9 Å². The van der Waals surface area contributed by atoms with Gasteiger partial charge in [-0.1, -0.05) is 48.5 Å². The standard InChI is InChI=1S/C18H16N4O2/c1-22-18(19-16(21-22)12-7-3-2-4-8-12)20-17(23)15-11-13-9-5-6-10-14(13)24-15/h2-10,15H,11H2,1H3,(H,19,20,21,23). The van der Waals surface area contributed by atoms with Crippen molar-refractivity contribution in [3.8, 4) is 17.1 Å². The number of carbonyl (C=O) groups is 1. The molecule has 0 saturated heterocycles. The average Bonchev–Trinajstić information content (AvgIpc) is 3.20. The first-order valence-electron chi connectivity index (χ1n) is 7.72. The lowest BCUT2D eigenvalue weighted by atomic mass is 10.1. The summed E-state index contributed by atoms with van der Waals surface area (Å²) in [4.78, 5) is 16.9. The number of amides is 1. The van der Waals surface area contributed by atoms with Crippen LogP contribution in [0.4, 0.5) is 5.95 Å². The largest absolute Gasteiger partial charge is 0.480 e. The van der Waals surface area contributed by atoms with Crippen molar-refractivity contribution < 1.29 is 9.53 Å². The molecule has 0 saturated carbocycles. The van der Waals surface area contributed by atoms with Gasteiger partial charge in [0.05, 0.1) is 0 Å². The van der Waals surface area contributed by atoms with Crippen LogP contribution in [0, 0.1) is 0 Å². The zero-order valence-corrected chi connectivity index (χ0v) is 13.1. The topological polar surface area (TPSA) is 69.0 Å². The van der Waals surface area contributed by atoms with Gasteiger partial charge in [-0.3, -0.25) is 10.1 Å². The van der Waals surface area contributed by atoms with Crippen LogP contribution in [-0.4, -0.2) is 26.8 Å². The molecule has 1 atom stereocenters. The second-order valence-electron chi connectivity index (χ2n) is 5.66. The molecule has 1 aliphatic heterocycles. The summed E-state index contributed by atoms with van der Waals surface area (Å²) in [5, 5.41) is 7.15. The molecule has 0 radical (unpaired) electrons. The summed E-state index contributed by atoms with van der Waals surface area (Å²) < 4.78 is 7.26. The van der Waals surface area contributed by atoms with Gasteiger partial charge in [-0.05, 0) is 11.6 Å². The van der Waals surface area contributed by atoms with E-state index < -0.39 is 6.10 Å². The molecule has 0 spiro atoms. The van der Waals surface area contributed by atoms with Crippen molar-refractivity contribution in [3.63, 3.8) is 0 Å². The molecule has 2 aromatic carbocycles. The van der Waals surface area contributed by atoms with Crippen LogP contribution < -0.4 is 10.1 Å². The second kappa shape index (κ2) is 5.81. The minimum atomic E-state index is -0.542. The van der Waals surface area contributed by atoms with E-state index in [1.54, 1.807) is 11.7 Å². The van der Waals surface area contributed by atoms with Crippen molar-refractivity contribution in [2.24, 2.45) is 7.05 Å². The van der Waals surface area contributed by atoms with E-state index in [1.165, 1.54) is 0 Å². The molecule has 6 nitrogen and oxygen atoms in total. The minimum Gasteiger partial charge on any atom is -0.480 e. The Morgan fingerprint density at radius 1 is 1.17 bits per heavy atom. The van der Waals surface area contributed by atoms with E-state index in [-0.39, 0.29) is 5.91 Å². The summed E-state index contributed by atoms with van der Waals surface area (Å²) in [6.45, 7) is 0. The second-order valence-corrected chi connectivity index (χ2v) is 5.66. The number of benzene rings is 2. The first-order chi connectivity index (χ1) is 11.7. The molecule has 0 fully saturated rings. The molecule has 1 unspecified atom stereocenters. The number of nitrogens with zero attached hydrogens (tertiary/aromatic N) is 3. The summed E-state index contributed by atoms with van der Waals surface area (Å²) in [6, 6.07) is 17.3. The normalized spacial score (nSPS) is 15.6. The van der Waals surface area contributed by atoms with Gasteiger partial charge in [-0.25, -0.2) is 4.68 Å². The highest BCUT2D eigenvalue weighted by Crippen LogP contribution is 2.28. The van der Waals surface area contributed by atoms with Gasteiger partial charge >= 0.3 is 0 Å². The molecule has 4 rings (SSSR count). The Morgan fingerprint density at radius 3 is 2.71 bits per heavy atom. The number of anilines is 1. The third-order valence-corrected chi connectivity index (χ3v) is 3.97. The van der Waals surface area contributed by atoms with Gasteiger partial charge in [0.1, 0.15) is 5.75 Å². The molecular formula is C18H16N4O2. The number of fused-ring (bicyclic) bond motifs is 1. The lowest BCUT2D eigenvalue weighted by Gasteiger charge is -2.10. The average molecular weight is 320 g/mol. The van der Waals surface area contributed by atoms with Gasteiger partial charge in [0.2, 0.25) is 5.95 Å². The van der Waals surface area contributed by atoms with Crippen molar-refractivity contribution >= 4 is 11.9 Å². The van der Waals surface area contributed by atoms with Crippen LogP contribution >= 0.6 is 0 Å². The summed E-state index contributed by atoms with van der Waals surface area (Å²) in [6.07, 6.45) is 0.0186. The number of hydrogen-bond acceptors (Lipinski definition) is 4. The number of hydrogen-bond donors (Lipinski definition) is 1. The number of rotatable bonds is 3. The number of aromatic nitrogens is 3. The maximum absolute atomic E-state index is 12.5. The Kier molecular flexibility index (Phi) is 3.49. The quantitative estimate of drug-likeness (QED) is 0.805. The number of aryl methyl sites for hydroxylation is 1. The summed E-state index contributed by atoms with van der Waals surface area (Å²) >= 11 is 0. The zero-order valence-electron chi connectivity index (χ0n) is 13.1. The summed E-state index contributed by atoms with van der Waals surface area (Å²) in [7, 11) is 1.75. The third kappa shape index (κ3) is 2.62. The molecule has 2 heterocycles. The van der Waals surface area contributed by atoms with E-state index in [2.05, 4.69) is 15.4 Å². The predicted molar refractivity (Wildman–Crippen MR) is 89.6 cm³/mol. The highest BCUT2D eigenvalue weighted by atomic mass is 16.5. The fraction of sp³-hybridized carbons (Fsp3) is 0.167. The van der Waals surface area contributed by atoms with Gasteiger partial charge in [0.25, 0.3) is 5.91 Å². The van der Waals surface area contributed by atoms with E-state index in [0.717, 1.165) is 16.9 Å². The third-order valence-electron chi connectivity index (χ3n) is 3.97. The first kappa shape index (κ1) is 14.4. The first-order valence-corrected chi connectivity index (χ1v) is 7.72. The van der Waals surface area contributed by atoms with Crippen molar-refractivity contribution in [2.45, 2.75) is 12.5 Å². The maximum atomic E-state index is 12.5. The summed E-state index contributed by atoms with van der Waals surface area (Å²) in [5.41, 5.74) is 1.94. The fourth-order valence-electron chi connectivity index (χ4n) is 2.72. The molecule has 24 heavy (non-hydrogen) atoms. The van der Waals surface area contributed by atoms with Gasteiger partial charge in [-0.15, -0.1) is 5.10 Å². The molecular weight excluding hydrogens is 304 g/mol. The van der Waals surface area contributed by atoms with Crippen LogP contribution in [0.2, 0.25) is 0 Å². The van der Waals surface area contributed by atoms with Gasteiger partial charge < -0.3 is 4.74 Å². The smallest absolute Gasteiger partial charge is 0.268 e. The van der Waals surface area contributed by atoms with Crippen molar-refractivity contribution in [3.05, 3.63) is 60.2 Å². The van der Waals surface area contributed by atoms with E-state index >= 15 is 0 Å². The molecule has 1 amide bonds. The zero-order chi connectivity index (χ0) is 16.5. The highest BCUT2D eigenvalue weighted by molar-refractivity contribution is 5.94. The highest BCUT2D eigenvalue weighted by Gasteiger charge is 2.29. The molecule has 120 valence electrons. The monoisotopic (exact) mass is 320 g/mol. The summed E-state index contributed by atoms with van der Waals surface area (Å²) in [5.74, 6) is 1.52. The van der Waals surface area contributed by atoms with Crippen LogP contribution in [0.3, 0.4) is 0 Å². The number of para-hydroxylation sites is 1. The van der Waals surface area contributed by atoms with Gasteiger partial charge in [-0.2, -0.15) is 4.98 Å². The lowest BCUT2D eigenvalue weighted by molar-refractivity contribution is -0.122. The van der Waals surface area contributed by atoms with E-state index in [0.29, 0.717) is 18.2 Å². The van der Waals surface area contributed by atoms with E-state index in [1.807, 2.05) is 54.6 Å². The molecule has 0 aliphatic carbocycles. The molecule has 1 aromatic heterocycles. The molecule has 0 bridgehead atoms. The molecule has 3 aromatic rings. The number of ether oxygens (including phenoxy) is 1. The Morgan fingerprint density at radius 2 is 1.92 bits per heavy atom. The van der Waals surface area contributed by atoms with Crippen LogP contribution in [0.15, 0.2) is 54.6 Å². The van der Waals surface area contributed by atoms with E-state index in [4.69, 9.17) is 4.74 Å². The van der Waals surface area contributed by atoms with Crippen molar-refractivity contribution in [1.29, 1.82) is 0 Å². The lowest BCUT2D eigenvalue weighted by Crippen LogP contribution is -2.32. The Hall–Kier alpha value is -3.15. The number of carbonyl (C=O) groups excluding carboxylic acids is 1. The maximum Gasteiger partial charge on any atom is 0.268 e. The molecule has 6 heteroatoms. The van der Waals surface area contributed by atoms with Crippen molar-refractivity contribution in [1.82, 2.24) is 14.8 Å².